The van der Waals surface area contributed by atoms with Crippen molar-refractivity contribution in [1.82, 2.24) is 12.3 Å². The van der Waals surface area contributed by atoms with E-state index < -0.39 is 5.97 Å². The first-order valence-corrected chi connectivity index (χ1v) is 2.59. The van der Waals surface area contributed by atoms with Crippen molar-refractivity contribution >= 4 is 5.97 Å². The van der Waals surface area contributed by atoms with Gasteiger partial charge in [0.05, 0.1) is 5.56 Å². The van der Waals surface area contributed by atoms with Gasteiger partial charge in [-0.25, -0.2) is 4.79 Å². The van der Waals surface area contributed by atoms with Crippen LogP contribution in [-0.2, 0) is 0 Å². The summed E-state index contributed by atoms with van der Waals surface area (Å²) in [5.41, 5.74) is 0.331. The maximum atomic E-state index is 10.2. The minimum absolute atomic E-state index is 0. The molecular formula is C7H12N2O2. The molecule has 0 atom stereocenters. The molecule has 0 aliphatic heterocycles. The fraction of sp³-hybridized carbons (Fsp3) is 0. The van der Waals surface area contributed by atoms with E-state index in [1.165, 1.54) is 0 Å². The van der Waals surface area contributed by atoms with Crippen molar-refractivity contribution in [3.63, 3.8) is 0 Å². The first-order chi connectivity index (χ1) is 4.30. The monoisotopic (exact) mass is 156 g/mol. The molecule has 0 saturated carbocycles. The van der Waals surface area contributed by atoms with Crippen molar-refractivity contribution in [2.45, 2.75) is 0 Å². The second kappa shape index (κ2) is 5.40. The SMILES string of the molecule is N.N.O=C(O)c1ccccc1. The number of hydrogen-bond donors (Lipinski definition) is 3. The van der Waals surface area contributed by atoms with E-state index in [9.17, 15) is 4.79 Å². The predicted octanol–water partition coefficient (Wildman–Crippen LogP) is 1.71. The van der Waals surface area contributed by atoms with Crippen LogP contribution in [0.25, 0.3) is 0 Å². The van der Waals surface area contributed by atoms with E-state index in [2.05, 4.69) is 0 Å². The van der Waals surface area contributed by atoms with Crippen LogP contribution >= 0.6 is 0 Å². The van der Waals surface area contributed by atoms with E-state index in [0.29, 0.717) is 5.56 Å². The van der Waals surface area contributed by atoms with Crippen LogP contribution in [-0.4, -0.2) is 11.1 Å². The van der Waals surface area contributed by atoms with E-state index >= 15 is 0 Å². The van der Waals surface area contributed by atoms with E-state index in [-0.39, 0.29) is 12.3 Å². The Morgan fingerprint density at radius 1 is 1.09 bits per heavy atom. The number of carboxylic acid groups (broad SMARTS) is 1. The van der Waals surface area contributed by atoms with Gasteiger partial charge >= 0.3 is 5.97 Å². The molecule has 0 radical (unpaired) electrons. The van der Waals surface area contributed by atoms with Crippen molar-refractivity contribution < 1.29 is 9.90 Å². The minimum Gasteiger partial charge on any atom is -0.478 e. The van der Waals surface area contributed by atoms with Crippen LogP contribution < -0.4 is 12.3 Å². The fourth-order valence-corrected chi connectivity index (χ4v) is 0.581. The summed E-state index contributed by atoms with van der Waals surface area (Å²) in [6.07, 6.45) is 0. The summed E-state index contributed by atoms with van der Waals surface area (Å²) in [6, 6.07) is 8.30. The number of carboxylic acids is 1. The Balaban J connectivity index is 0. The molecule has 0 aliphatic rings. The Morgan fingerprint density at radius 3 is 1.82 bits per heavy atom. The number of aromatic carboxylic acids is 1. The van der Waals surface area contributed by atoms with Crippen LogP contribution in [0, 0.1) is 0 Å². The molecule has 0 aromatic heterocycles. The van der Waals surface area contributed by atoms with Crippen molar-refractivity contribution in [1.29, 1.82) is 0 Å². The van der Waals surface area contributed by atoms with Gasteiger partial charge in [0, 0.05) is 0 Å². The predicted molar refractivity (Wildman–Crippen MR) is 43.4 cm³/mol. The number of carbonyl (C=O) groups is 1. The average Bonchev–Trinajstić information content (AvgIpc) is 1.90. The molecule has 1 aromatic carbocycles. The maximum absolute atomic E-state index is 10.2. The normalized spacial score (nSPS) is 7.27. The Morgan fingerprint density at radius 2 is 1.55 bits per heavy atom. The van der Waals surface area contributed by atoms with E-state index in [1.807, 2.05) is 0 Å². The molecular weight excluding hydrogens is 144 g/mol. The molecule has 0 fully saturated rings. The van der Waals surface area contributed by atoms with Crippen molar-refractivity contribution in [3.05, 3.63) is 35.9 Å². The minimum atomic E-state index is -0.879. The van der Waals surface area contributed by atoms with Gasteiger partial charge in [-0.3, -0.25) is 0 Å². The van der Waals surface area contributed by atoms with E-state index in [4.69, 9.17) is 5.11 Å². The molecule has 0 saturated heterocycles. The zero-order chi connectivity index (χ0) is 6.69. The molecule has 1 rings (SSSR count). The van der Waals surface area contributed by atoms with Gasteiger partial charge < -0.3 is 17.4 Å². The van der Waals surface area contributed by atoms with Crippen LogP contribution in [0.1, 0.15) is 10.4 Å². The van der Waals surface area contributed by atoms with Gasteiger partial charge in [0.15, 0.2) is 0 Å². The first-order valence-electron chi connectivity index (χ1n) is 2.59. The number of hydrogen-bond acceptors (Lipinski definition) is 3. The fourth-order valence-electron chi connectivity index (χ4n) is 0.581. The largest absolute Gasteiger partial charge is 0.478 e. The first kappa shape index (κ1) is 12.3. The van der Waals surface area contributed by atoms with Crippen molar-refractivity contribution in [2.75, 3.05) is 0 Å². The molecule has 62 valence electrons. The Labute approximate surface area is 65.0 Å². The highest BCUT2D eigenvalue weighted by Crippen LogP contribution is 1.96. The molecule has 4 nitrogen and oxygen atoms in total. The Bertz CT molecular complexity index is 211. The van der Waals surface area contributed by atoms with Gasteiger partial charge in [0.1, 0.15) is 0 Å². The standard InChI is InChI=1S/C7H6O2.2H3N/c8-7(9)6-4-2-1-3-5-6;;/h1-5H,(H,8,9);2*1H3. The third-order valence-corrected chi connectivity index (χ3v) is 1.02. The Hall–Kier alpha value is -1.39. The van der Waals surface area contributed by atoms with Crippen LogP contribution in [0.2, 0.25) is 0 Å². The molecule has 0 aliphatic carbocycles. The lowest BCUT2D eigenvalue weighted by atomic mass is 10.2. The number of rotatable bonds is 1. The molecule has 0 amide bonds. The highest BCUT2D eigenvalue weighted by Gasteiger charge is 1.96. The van der Waals surface area contributed by atoms with Gasteiger partial charge in [-0.15, -0.1) is 0 Å². The highest BCUT2D eigenvalue weighted by atomic mass is 16.4. The topological polar surface area (TPSA) is 107 Å². The van der Waals surface area contributed by atoms with Gasteiger partial charge in [0.2, 0.25) is 0 Å². The molecule has 7 N–H and O–H groups in total. The van der Waals surface area contributed by atoms with Gasteiger partial charge in [-0.2, -0.15) is 0 Å². The van der Waals surface area contributed by atoms with Gasteiger partial charge in [-0.1, -0.05) is 18.2 Å². The van der Waals surface area contributed by atoms with Crippen LogP contribution in [0.15, 0.2) is 30.3 Å². The summed E-state index contributed by atoms with van der Waals surface area (Å²) in [5, 5.41) is 8.38. The summed E-state index contributed by atoms with van der Waals surface area (Å²) < 4.78 is 0. The lowest BCUT2D eigenvalue weighted by Crippen LogP contribution is -1.93. The van der Waals surface area contributed by atoms with Crippen LogP contribution in [0.3, 0.4) is 0 Å². The number of benzene rings is 1. The van der Waals surface area contributed by atoms with Crippen molar-refractivity contribution in [3.8, 4) is 0 Å². The average molecular weight is 156 g/mol. The zero-order valence-electron chi connectivity index (χ0n) is 6.16. The molecule has 0 heterocycles. The summed E-state index contributed by atoms with van der Waals surface area (Å²) in [6.45, 7) is 0. The zero-order valence-corrected chi connectivity index (χ0v) is 6.16. The third-order valence-electron chi connectivity index (χ3n) is 1.02. The Kier molecular flexibility index (Phi) is 6.04. The lowest BCUT2D eigenvalue weighted by Gasteiger charge is -1.88. The van der Waals surface area contributed by atoms with Crippen LogP contribution in [0.5, 0.6) is 0 Å². The smallest absolute Gasteiger partial charge is 0.335 e. The highest BCUT2D eigenvalue weighted by molar-refractivity contribution is 5.87. The summed E-state index contributed by atoms with van der Waals surface area (Å²) >= 11 is 0. The maximum Gasteiger partial charge on any atom is 0.335 e. The summed E-state index contributed by atoms with van der Waals surface area (Å²) in [7, 11) is 0. The van der Waals surface area contributed by atoms with Gasteiger partial charge in [0.25, 0.3) is 0 Å². The molecule has 11 heavy (non-hydrogen) atoms. The molecule has 0 unspecified atom stereocenters. The quantitative estimate of drug-likeness (QED) is 0.575. The molecule has 4 heteroatoms. The van der Waals surface area contributed by atoms with Gasteiger partial charge in [-0.05, 0) is 12.1 Å². The van der Waals surface area contributed by atoms with Crippen LogP contribution in [0.4, 0.5) is 0 Å². The van der Waals surface area contributed by atoms with Crippen molar-refractivity contribution in [2.24, 2.45) is 0 Å². The van der Waals surface area contributed by atoms with E-state index in [0.717, 1.165) is 0 Å². The lowest BCUT2D eigenvalue weighted by molar-refractivity contribution is 0.0697. The summed E-state index contributed by atoms with van der Waals surface area (Å²) in [4.78, 5) is 10.2. The molecule has 0 bridgehead atoms. The second-order valence-corrected chi connectivity index (χ2v) is 1.67. The molecule has 1 aromatic rings. The molecule has 0 spiro atoms. The third kappa shape index (κ3) is 3.34. The van der Waals surface area contributed by atoms with E-state index in [1.54, 1.807) is 30.3 Å². The second-order valence-electron chi connectivity index (χ2n) is 1.67. The summed E-state index contributed by atoms with van der Waals surface area (Å²) in [5.74, 6) is -0.879.